The summed E-state index contributed by atoms with van der Waals surface area (Å²) >= 11 is 5.91. The number of ether oxygens (including phenoxy) is 1. The second-order valence-electron chi connectivity index (χ2n) is 5.25. The van der Waals surface area contributed by atoms with Crippen molar-refractivity contribution in [3.63, 3.8) is 0 Å². The Kier molecular flexibility index (Phi) is 5.40. The average molecular weight is 354 g/mol. The number of nitro benzene ring substituents is 1. The molecular weight excluding hydrogens is 340 g/mol. The summed E-state index contributed by atoms with van der Waals surface area (Å²) in [4.78, 5) is 33.8. The third-order valence-electron chi connectivity index (χ3n) is 3.79. The highest BCUT2D eigenvalue weighted by atomic mass is 35.5. The number of hydrogen-bond acceptors (Lipinski definition) is 6. The third kappa shape index (κ3) is 3.83. The molecule has 2 rings (SSSR count). The van der Waals surface area contributed by atoms with Gasteiger partial charge in [0.15, 0.2) is 0 Å². The van der Waals surface area contributed by atoms with Crippen molar-refractivity contribution in [2.75, 3.05) is 12.4 Å². The molecule has 8 nitrogen and oxygen atoms in total. The van der Waals surface area contributed by atoms with E-state index in [4.69, 9.17) is 16.3 Å². The largest absolute Gasteiger partial charge is 0.550 e. The molecule has 1 amide bonds. The van der Waals surface area contributed by atoms with Crippen LogP contribution in [-0.2, 0) is 9.59 Å². The van der Waals surface area contributed by atoms with Crippen molar-refractivity contribution >= 4 is 34.9 Å². The number of carbonyl (C=O) groups excluding carboxylic acids is 2. The molecule has 0 aromatic heterocycles. The summed E-state index contributed by atoms with van der Waals surface area (Å²) in [5.41, 5.74) is 0.0111. The second kappa shape index (κ2) is 7.31. The molecule has 1 aliphatic carbocycles. The normalized spacial score (nSPS) is 20.0. The van der Waals surface area contributed by atoms with E-state index in [-0.39, 0.29) is 30.0 Å². The van der Waals surface area contributed by atoms with E-state index in [1.54, 1.807) is 6.08 Å². The zero-order chi connectivity index (χ0) is 17.9. The molecule has 0 aliphatic heterocycles. The van der Waals surface area contributed by atoms with Gasteiger partial charge in [-0.1, -0.05) is 17.7 Å². The number of hydrogen-bond donors (Lipinski definition) is 1. The van der Waals surface area contributed by atoms with E-state index in [0.29, 0.717) is 5.03 Å². The van der Waals surface area contributed by atoms with Gasteiger partial charge in [0.2, 0.25) is 5.91 Å². The van der Waals surface area contributed by atoms with Gasteiger partial charge in [-0.2, -0.15) is 0 Å². The number of nitrogens with zero attached hydrogens (tertiary/aromatic N) is 1. The van der Waals surface area contributed by atoms with Crippen LogP contribution < -0.4 is 15.2 Å². The van der Waals surface area contributed by atoms with Crippen LogP contribution in [0.5, 0.6) is 5.75 Å². The number of carboxylic acid groups (broad SMARTS) is 1. The van der Waals surface area contributed by atoms with E-state index in [0.717, 1.165) is 0 Å². The molecule has 0 radical (unpaired) electrons. The van der Waals surface area contributed by atoms with E-state index in [1.165, 1.54) is 25.3 Å². The summed E-state index contributed by atoms with van der Waals surface area (Å²) in [5, 5.41) is 24.9. The highest BCUT2D eigenvalue weighted by molar-refractivity contribution is 6.29. The number of aliphatic carboxylic acids is 1. The first-order valence-corrected chi connectivity index (χ1v) is 7.40. The van der Waals surface area contributed by atoms with Gasteiger partial charge < -0.3 is 20.0 Å². The molecule has 24 heavy (non-hydrogen) atoms. The predicted octanol–water partition coefficient (Wildman–Crippen LogP) is 1.44. The molecule has 0 saturated carbocycles. The molecule has 1 N–H and O–H groups in total. The van der Waals surface area contributed by atoms with Crippen molar-refractivity contribution in [3.8, 4) is 5.75 Å². The van der Waals surface area contributed by atoms with Crippen molar-refractivity contribution in [1.82, 2.24) is 0 Å². The van der Waals surface area contributed by atoms with Gasteiger partial charge in [-0.15, -0.1) is 0 Å². The number of carbonyl (C=O) groups is 2. The number of benzene rings is 1. The number of nitrogens with one attached hydrogen (secondary N) is 1. The summed E-state index contributed by atoms with van der Waals surface area (Å²) in [6, 6.07) is 3.70. The van der Waals surface area contributed by atoms with E-state index < -0.39 is 28.6 Å². The van der Waals surface area contributed by atoms with Crippen molar-refractivity contribution in [2.45, 2.75) is 12.8 Å². The maximum atomic E-state index is 12.4. The highest BCUT2D eigenvalue weighted by Crippen LogP contribution is 2.34. The lowest BCUT2D eigenvalue weighted by Crippen LogP contribution is -2.42. The number of rotatable bonds is 5. The van der Waals surface area contributed by atoms with Crippen molar-refractivity contribution in [2.24, 2.45) is 11.8 Å². The van der Waals surface area contributed by atoms with Gasteiger partial charge in [-0.25, -0.2) is 0 Å². The van der Waals surface area contributed by atoms with Gasteiger partial charge in [0.05, 0.1) is 29.7 Å². The minimum Gasteiger partial charge on any atom is -0.550 e. The van der Waals surface area contributed by atoms with Crippen LogP contribution in [0.4, 0.5) is 11.4 Å². The quantitative estimate of drug-likeness (QED) is 0.631. The van der Waals surface area contributed by atoms with Crippen LogP contribution in [0.2, 0.25) is 0 Å². The third-order valence-corrected chi connectivity index (χ3v) is 4.10. The number of allylic oxidation sites excluding steroid dienone is 2. The van der Waals surface area contributed by atoms with E-state index in [2.05, 4.69) is 5.32 Å². The lowest BCUT2D eigenvalue weighted by Gasteiger charge is -2.29. The van der Waals surface area contributed by atoms with Crippen molar-refractivity contribution in [3.05, 3.63) is 39.4 Å². The van der Waals surface area contributed by atoms with Crippen LogP contribution in [-0.4, -0.2) is 23.9 Å². The zero-order valence-electron chi connectivity index (χ0n) is 12.7. The lowest BCUT2D eigenvalue weighted by atomic mass is 9.82. The molecule has 0 saturated heterocycles. The summed E-state index contributed by atoms with van der Waals surface area (Å²) in [6.45, 7) is 0. The summed E-state index contributed by atoms with van der Waals surface area (Å²) < 4.78 is 5.03. The molecule has 0 unspecified atom stereocenters. The highest BCUT2D eigenvalue weighted by Gasteiger charge is 2.32. The summed E-state index contributed by atoms with van der Waals surface area (Å²) in [7, 11) is 1.30. The number of carboxylic acids is 1. The van der Waals surface area contributed by atoms with E-state index in [1.807, 2.05) is 0 Å². The molecule has 1 aromatic carbocycles. The van der Waals surface area contributed by atoms with Crippen LogP contribution in [0, 0.1) is 22.0 Å². The molecule has 9 heteroatoms. The smallest absolute Gasteiger partial charge is 0.273 e. The predicted molar refractivity (Wildman–Crippen MR) is 83.4 cm³/mol. The fraction of sp³-hybridized carbons (Fsp3) is 0.333. The van der Waals surface area contributed by atoms with Crippen LogP contribution in [0.25, 0.3) is 0 Å². The molecular formula is C15H14ClN2O6-. The molecule has 0 heterocycles. The van der Waals surface area contributed by atoms with Crippen LogP contribution in [0.15, 0.2) is 29.3 Å². The van der Waals surface area contributed by atoms with Gasteiger partial charge in [-0.05, 0) is 18.9 Å². The molecule has 1 aromatic rings. The minimum absolute atomic E-state index is 0.0847. The number of halogens is 1. The molecule has 1 aliphatic rings. The monoisotopic (exact) mass is 353 g/mol. The maximum absolute atomic E-state index is 12.4. The molecule has 2 atom stereocenters. The van der Waals surface area contributed by atoms with Gasteiger partial charge in [0.25, 0.3) is 5.69 Å². The Hall–Kier alpha value is -2.61. The Balaban J connectivity index is 2.23. The minimum atomic E-state index is -1.33. The van der Waals surface area contributed by atoms with E-state index in [9.17, 15) is 24.8 Å². The number of non-ortho nitro benzene ring substituents is 1. The van der Waals surface area contributed by atoms with Gasteiger partial charge in [0, 0.05) is 23.0 Å². The van der Waals surface area contributed by atoms with Crippen LogP contribution in [0.1, 0.15) is 12.8 Å². The van der Waals surface area contributed by atoms with Gasteiger partial charge >= 0.3 is 0 Å². The number of methoxy groups -OCH3 is 1. The molecule has 0 spiro atoms. The summed E-state index contributed by atoms with van der Waals surface area (Å²) in [6.07, 6.45) is 1.75. The van der Waals surface area contributed by atoms with Gasteiger partial charge in [0.1, 0.15) is 5.75 Å². The second-order valence-corrected chi connectivity index (χ2v) is 5.74. The number of amides is 1. The lowest BCUT2D eigenvalue weighted by molar-refractivity contribution is -0.384. The fourth-order valence-corrected chi connectivity index (χ4v) is 2.77. The van der Waals surface area contributed by atoms with Crippen molar-refractivity contribution in [1.29, 1.82) is 0 Å². The Morgan fingerprint density at radius 2 is 2.08 bits per heavy atom. The maximum Gasteiger partial charge on any atom is 0.273 e. The SMILES string of the molecule is COc1cc([N+](=O)[O-])ccc1NC(=O)[C@H]1CC(Cl)=CC[C@@H]1C(=O)[O-]. The Bertz CT molecular complexity index is 718. The molecule has 0 bridgehead atoms. The van der Waals surface area contributed by atoms with Crippen LogP contribution in [0.3, 0.4) is 0 Å². The first-order chi connectivity index (χ1) is 11.3. The first-order valence-electron chi connectivity index (χ1n) is 7.02. The van der Waals surface area contributed by atoms with Gasteiger partial charge in [-0.3, -0.25) is 14.9 Å². The molecule has 0 fully saturated rings. The average Bonchev–Trinajstić information content (AvgIpc) is 2.54. The summed E-state index contributed by atoms with van der Waals surface area (Å²) in [5.74, 6) is -3.68. The fourth-order valence-electron chi connectivity index (χ4n) is 2.51. The number of nitro groups is 1. The topological polar surface area (TPSA) is 122 Å². The van der Waals surface area contributed by atoms with Crippen molar-refractivity contribution < 1.29 is 24.4 Å². The molecule has 128 valence electrons. The number of anilines is 1. The first kappa shape index (κ1) is 17.7. The Morgan fingerprint density at radius 3 is 2.67 bits per heavy atom. The van der Waals surface area contributed by atoms with E-state index >= 15 is 0 Å². The Morgan fingerprint density at radius 1 is 1.38 bits per heavy atom. The Labute approximate surface area is 142 Å². The standard InChI is InChI=1S/C15H15ClN2O6/c1-24-13-7-9(18(22)23)3-5-12(13)17-14(19)11-6-8(16)2-4-10(11)15(20)21/h2-3,5,7,10-11H,4,6H2,1H3,(H,17,19)(H,20,21)/p-1/t10-,11-/m0/s1. The zero-order valence-corrected chi connectivity index (χ0v) is 13.4. The van der Waals surface area contributed by atoms with Crippen LogP contribution >= 0.6 is 11.6 Å².